The largest absolute Gasteiger partial charge is 0.0985 e. The number of allylic oxidation sites excluding steroid dienone is 10. The van der Waals surface area contributed by atoms with Gasteiger partial charge in [-0.05, 0) is 70.6 Å². The fraction of sp³-hybridized carbons (Fsp3) is 0.118. The van der Waals surface area contributed by atoms with Crippen LogP contribution in [0.5, 0.6) is 0 Å². The molecule has 0 N–H and O–H groups in total. The van der Waals surface area contributed by atoms with Crippen LogP contribution in [0.3, 0.4) is 0 Å². The average molecular weight is 443 g/mol. The van der Waals surface area contributed by atoms with Gasteiger partial charge in [-0.25, -0.2) is 0 Å². The zero-order valence-corrected chi connectivity index (χ0v) is 20.4. The maximum absolute atomic E-state index is 4.12. The molecule has 1 aliphatic carbocycles. The van der Waals surface area contributed by atoms with Crippen molar-refractivity contribution in [3.8, 4) is 0 Å². The first-order valence-electron chi connectivity index (χ1n) is 11.9. The Labute approximate surface area is 205 Å². The van der Waals surface area contributed by atoms with E-state index < -0.39 is 0 Å². The van der Waals surface area contributed by atoms with Gasteiger partial charge >= 0.3 is 0 Å². The minimum atomic E-state index is 0.842. The molecular weight excluding hydrogens is 408 g/mol. The van der Waals surface area contributed by atoms with Gasteiger partial charge in [0.2, 0.25) is 0 Å². The number of hydrogen-bond donors (Lipinski definition) is 0. The van der Waals surface area contributed by atoms with Crippen LogP contribution < -0.4 is 10.4 Å². The van der Waals surface area contributed by atoms with Gasteiger partial charge in [0.15, 0.2) is 0 Å². The molecule has 2 aromatic rings. The summed E-state index contributed by atoms with van der Waals surface area (Å²) in [6, 6.07) is 27.7. The van der Waals surface area contributed by atoms with Crippen LogP contribution in [0.2, 0.25) is 0 Å². The van der Waals surface area contributed by atoms with E-state index in [4.69, 9.17) is 0 Å². The molecule has 0 nitrogen and oxygen atoms in total. The highest BCUT2D eigenvalue weighted by Crippen LogP contribution is 2.25. The van der Waals surface area contributed by atoms with Crippen LogP contribution in [0.25, 0.3) is 11.1 Å². The van der Waals surface area contributed by atoms with Crippen LogP contribution in [-0.4, -0.2) is 0 Å². The molecule has 0 bridgehead atoms. The van der Waals surface area contributed by atoms with E-state index in [2.05, 4.69) is 123 Å². The summed E-state index contributed by atoms with van der Waals surface area (Å²) in [6.45, 7) is 12.4. The maximum Gasteiger partial charge on any atom is -0.00822 e. The van der Waals surface area contributed by atoms with Gasteiger partial charge in [0, 0.05) is 0 Å². The third-order valence-electron chi connectivity index (χ3n) is 6.07. The van der Waals surface area contributed by atoms with Crippen molar-refractivity contribution in [3.63, 3.8) is 0 Å². The zero-order chi connectivity index (χ0) is 24.2. The SMILES string of the molecule is C=CC(=CC)C(C=C)=C(C)C1=c2ccccc2=C(c2ccccccccc2)CC=CC=CC1. The third-order valence-corrected chi connectivity index (χ3v) is 6.07. The third kappa shape index (κ3) is 6.11. The highest BCUT2D eigenvalue weighted by atomic mass is 14.1. The maximum atomic E-state index is 4.12. The summed E-state index contributed by atoms with van der Waals surface area (Å²) in [7, 11) is 0. The smallest absolute Gasteiger partial charge is 0.00822 e. The van der Waals surface area contributed by atoms with E-state index in [1.165, 1.54) is 32.7 Å². The molecule has 0 atom stereocenters. The standard InChI is InChI=1S/C34H34/c1-5-28(6-2)30(7-3)27(4)31-23-17-13-14-18-24-32(34-26-20-19-25-33(31)34)29-21-15-11-9-8-10-12-16-22-29/h5-22,25-26H,1,3,23-24H2,2,4H3. The Morgan fingerprint density at radius 3 is 1.85 bits per heavy atom. The van der Waals surface area contributed by atoms with Gasteiger partial charge in [0.25, 0.3) is 0 Å². The van der Waals surface area contributed by atoms with E-state index >= 15 is 0 Å². The first-order chi connectivity index (χ1) is 16.7. The van der Waals surface area contributed by atoms with E-state index in [-0.39, 0.29) is 0 Å². The van der Waals surface area contributed by atoms with Crippen molar-refractivity contribution in [1.82, 2.24) is 0 Å². The summed E-state index contributed by atoms with van der Waals surface area (Å²) in [4.78, 5) is 0. The Kier molecular flexibility index (Phi) is 9.43. The van der Waals surface area contributed by atoms with Crippen LogP contribution in [-0.2, 0) is 0 Å². The molecule has 170 valence electrons. The van der Waals surface area contributed by atoms with Crippen LogP contribution in [0.15, 0.2) is 151 Å². The molecule has 0 saturated carbocycles. The van der Waals surface area contributed by atoms with E-state index in [0.29, 0.717) is 0 Å². The second kappa shape index (κ2) is 13.0. The summed E-state index contributed by atoms with van der Waals surface area (Å²) < 4.78 is 0. The van der Waals surface area contributed by atoms with Crippen molar-refractivity contribution < 1.29 is 0 Å². The van der Waals surface area contributed by atoms with Gasteiger partial charge in [-0.1, -0.05) is 135 Å². The predicted octanol–water partition coefficient (Wildman–Crippen LogP) is 7.70. The molecular formula is C34H34. The van der Waals surface area contributed by atoms with Crippen LogP contribution >= 0.6 is 0 Å². The van der Waals surface area contributed by atoms with Crippen molar-refractivity contribution >= 4 is 11.1 Å². The molecule has 0 saturated heterocycles. The average Bonchev–Trinajstić information content (AvgIpc) is 2.87. The Bertz CT molecular complexity index is 1310. The lowest BCUT2D eigenvalue weighted by Crippen LogP contribution is -2.30. The molecule has 0 aliphatic heterocycles. The van der Waals surface area contributed by atoms with Crippen molar-refractivity contribution in [2.24, 2.45) is 0 Å². The minimum Gasteiger partial charge on any atom is -0.0985 e. The van der Waals surface area contributed by atoms with E-state index in [1.807, 2.05) is 25.1 Å². The summed E-state index contributed by atoms with van der Waals surface area (Å²) in [5.74, 6) is 0. The molecule has 0 unspecified atom stereocenters. The van der Waals surface area contributed by atoms with Gasteiger partial charge in [0.05, 0.1) is 0 Å². The van der Waals surface area contributed by atoms with Gasteiger partial charge in [-0.3, -0.25) is 0 Å². The Balaban J connectivity index is 2.51. The van der Waals surface area contributed by atoms with Gasteiger partial charge in [0.1, 0.15) is 0 Å². The molecule has 34 heavy (non-hydrogen) atoms. The lowest BCUT2D eigenvalue weighted by molar-refractivity contribution is 1.25. The Morgan fingerprint density at radius 1 is 0.706 bits per heavy atom. The lowest BCUT2D eigenvalue weighted by Gasteiger charge is -2.15. The van der Waals surface area contributed by atoms with Crippen molar-refractivity contribution in [2.75, 3.05) is 0 Å². The monoisotopic (exact) mass is 442 g/mol. The molecule has 2 aromatic carbocycles. The Morgan fingerprint density at radius 2 is 1.26 bits per heavy atom. The number of fused-ring (bicyclic) bond motifs is 1. The van der Waals surface area contributed by atoms with E-state index in [1.54, 1.807) is 0 Å². The van der Waals surface area contributed by atoms with Crippen LogP contribution in [0.4, 0.5) is 0 Å². The number of rotatable bonds is 5. The molecule has 0 heteroatoms. The second-order valence-electron chi connectivity index (χ2n) is 8.09. The summed E-state index contributed by atoms with van der Waals surface area (Å²) in [6.07, 6.45) is 16.4. The topological polar surface area (TPSA) is 0 Å². The highest BCUT2D eigenvalue weighted by molar-refractivity contribution is 5.73. The fourth-order valence-electron chi connectivity index (χ4n) is 4.32. The van der Waals surface area contributed by atoms with Crippen LogP contribution in [0.1, 0.15) is 32.3 Å². The summed E-state index contributed by atoms with van der Waals surface area (Å²) in [5.41, 5.74) is 7.28. The zero-order valence-electron chi connectivity index (χ0n) is 20.4. The van der Waals surface area contributed by atoms with E-state index in [9.17, 15) is 0 Å². The normalized spacial score (nSPS) is 14.5. The fourth-order valence-corrected chi connectivity index (χ4v) is 4.32. The highest BCUT2D eigenvalue weighted by Gasteiger charge is 2.10. The first kappa shape index (κ1) is 24.7. The van der Waals surface area contributed by atoms with Gasteiger partial charge < -0.3 is 0 Å². The summed E-state index contributed by atoms with van der Waals surface area (Å²) in [5, 5.41) is 2.53. The number of hydrogen-bond acceptors (Lipinski definition) is 0. The second-order valence-corrected chi connectivity index (χ2v) is 8.09. The molecule has 0 fully saturated rings. The number of benzene rings is 1. The van der Waals surface area contributed by atoms with Crippen LogP contribution in [0, 0.1) is 0 Å². The molecule has 1 aliphatic rings. The van der Waals surface area contributed by atoms with Crippen molar-refractivity contribution in [2.45, 2.75) is 26.7 Å². The van der Waals surface area contributed by atoms with Gasteiger partial charge in [-0.2, -0.15) is 0 Å². The predicted molar refractivity (Wildman–Crippen MR) is 150 cm³/mol. The lowest BCUT2D eigenvalue weighted by atomic mass is 9.90. The molecule has 3 rings (SSSR count). The molecule has 0 radical (unpaired) electrons. The molecule has 0 heterocycles. The van der Waals surface area contributed by atoms with Crippen molar-refractivity contribution in [1.29, 1.82) is 0 Å². The van der Waals surface area contributed by atoms with Gasteiger partial charge in [-0.15, -0.1) is 0 Å². The summed E-state index contributed by atoms with van der Waals surface area (Å²) >= 11 is 0. The first-order valence-corrected chi connectivity index (χ1v) is 11.9. The van der Waals surface area contributed by atoms with Crippen molar-refractivity contribution in [3.05, 3.63) is 167 Å². The molecule has 0 aromatic heterocycles. The quantitative estimate of drug-likeness (QED) is 0.416. The molecule has 0 spiro atoms. The minimum absolute atomic E-state index is 0.842. The van der Waals surface area contributed by atoms with E-state index in [0.717, 1.165) is 24.0 Å². The molecule has 0 amide bonds. The Hall–Kier alpha value is -3.90.